The minimum atomic E-state index is -1.08. The van der Waals surface area contributed by atoms with Gasteiger partial charge in [-0.05, 0) is 6.92 Å². The molecule has 2 rings (SSSR count). The Morgan fingerprint density at radius 1 is 1.58 bits per heavy atom. The second-order valence-corrected chi connectivity index (χ2v) is 4.43. The summed E-state index contributed by atoms with van der Waals surface area (Å²) in [6.45, 7) is 1.90. The highest BCUT2D eigenvalue weighted by molar-refractivity contribution is 6.00. The van der Waals surface area contributed by atoms with Crippen LogP contribution in [0.1, 0.15) is 23.0 Å². The van der Waals surface area contributed by atoms with Crippen LogP contribution >= 0.6 is 0 Å². The van der Waals surface area contributed by atoms with Gasteiger partial charge in [0, 0.05) is 13.6 Å². The molecule has 0 aromatic carbocycles. The van der Waals surface area contributed by atoms with Crippen molar-refractivity contribution in [3.05, 3.63) is 17.5 Å². The minimum absolute atomic E-state index is 0.0527. The van der Waals surface area contributed by atoms with Gasteiger partial charge in [0.25, 0.3) is 0 Å². The average Bonchev–Trinajstić information content (AvgIpc) is 2.67. The van der Waals surface area contributed by atoms with Gasteiger partial charge in [-0.2, -0.15) is 5.10 Å². The quantitative estimate of drug-likeness (QED) is 0.677. The summed E-state index contributed by atoms with van der Waals surface area (Å²) in [6, 6.07) is -0.491. The predicted octanol–water partition coefficient (Wildman–Crippen LogP) is -1.03. The van der Waals surface area contributed by atoms with Crippen LogP contribution in [0.4, 0.5) is 0 Å². The molecule has 0 spiro atoms. The van der Waals surface area contributed by atoms with Gasteiger partial charge in [-0.3, -0.25) is 24.5 Å². The first kappa shape index (κ1) is 13.2. The van der Waals surface area contributed by atoms with E-state index < -0.39 is 12.0 Å². The molecule has 8 nitrogen and oxygen atoms in total. The number of amides is 2. The number of nitrogens with zero attached hydrogens (tertiary/aromatic N) is 3. The fraction of sp³-hybridized carbons (Fsp3) is 0.455. The van der Waals surface area contributed by atoms with Crippen LogP contribution in [-0.4, -0.2) is 50.2 Å². The van der Waals surface area contributed by atoms with E-state index in [1.807, 2.05) is 0 Å². The summed E-state index contributed by atoms with van der Waals surface area (Å²) in [5, 5.41) is 15.2. The van der Waals surface area contributed by atoms with Crippen molar-refractivity contribution < 1.29 is 19.5 Å². The molecule has 1 aliphatic heterocycles. The van der Waals surface area contributed by atoms with Gasteiger partial charge in [-0.1, -0.05) is 0 Å². The highest BCUT2D eigenvalue weighted by Crippen LogP contribution is 2.14. The van der Waals surface area contributed by atoms with Crippen LogP contribution < -0.4 is 5.32 Å². The number of carbonyl (C=O) groups excluding carboxylic acids is 2. The Morgan fingerprint density at radius 2 is 2.26 bits per heavy atom. The van der Waals surface area contributed by atoms with Crippen LogP contribution in [0.15, 0.2) is 6.20 Å². The van der Waals surface area contributed by atoms with Crippen LogP contribution in [-0.2, 0) is 23.2 Å². The molecule has 0 aliphatic carbocycles. The minimum Gasteiger partial charge on any atom is -0.478 e. The number of imide groups is 1. The maximum atomic E-state index is 11.5. The van der Waals surface area contributed by atoms with Crippen LogP contribution in [0.5, 0.6) is 0 Å². The van der Waals surface area contributed by atoms with Crippen LogP contribution in [0, 0.1) is 0 Å². The van der Waals surface area contributed by atoms with Gasteiger partial charge in [0.1, 0.15) is 5.56 Å². The fourth-order valence-electron chi connectivity index (χ4n) is 1.98. The third kappa shape index (κ3) is 2.48. The molecule has 0 bridgehead atoms. The topological polar surface area (TPSA) is 105 Å². The molecule has 1 aliphatic rings. The number of carboxylic acids is 1. The van der Waals surface area contributed by atoms with Gasteiger partial charge in [0.15, 0.2) is 0 Å². The molecule has 19 heavy (non-hydrogen) atoms. The van der Waals surface area contributed by atoms with Crippen molar-refractivity contribution in [1.82, 2.24) is 20.0 Å². The largest absolute Gasteiger partial charge is 0.478 e. The lowest BCUT2D eigenvalue weighted by atomic mass is 10.1. The molecule has 1 aromatic heterocycles. The number of carboxylic acid groups (broad SMARTS) is 1. The van der Waals surface area contributed by atoms with E-state index in [0.29, 0.717) is 5.69 Å². The van der Waals surface area contributed by atoms with E-state index in [1.165, 1.54) is 10.9 Å². The van der Waals surface area contributed by atoms with Crippen molar-refractivity contribution in [2.75, 3.05) is 6.54 Å². The van der Waals surface area contributed by atoms with E-state index in [0.717, 1.165) is 0 Å². The van der Waals surface area contributed by atoms with Crippen LogP contribution in [0.3, 0.4) is 0 Å². The summed E-state index contributed by atoms with van der Waals surface area (Å²) in [6.07, 6.45) is 1.26. The summed E-state index contributed by atoms with van der Waals surface area (Å²) in [5.74, 6) is -1.85. The SMILES string of the molecule is CC1C(=O)NC(=O)CN1Cc1c(C(=O)O)cnn1C. The lowest BCUT2D eigenvalue weighted by Crippen LogP contribution is -2.56. The Kier molecular flexibility index (Phi) is 3.34. The van der Waals surface area contributed by atoms with E-state index >= 15 is 0 Å². The number of piperazine rings is 1. The standard InChI is InChI=1S/C11H14N4O4/c1-6-10(17)13-9(16)5-15(6)4-8-7(11(18)19)3-12-14(8)2/h3,6H,4-5H2,1-2H3,(H,18,19)(H,13,16,17). The fourth-order valence-corrected chi connectivity index (χ4v) is 1.98. The van der Waals surface area contributed by atoms with Gasteiger partial charge >= 0.3 is 5.97 Å². The van der Waals surface area contributed by atoms with Crippen molar-refractivity contribution in [2.24, 2.45) is 7.05 Å². The molecule has 1 atom stereocenters. The predicted molar refractivity (Wildman–Crippen MR) is 63.2 cm³/mol. The molecular formula is C11H14N4O4. The number of hydrogen-bond donors (Lipinski definition) is 2. The highest BCUT2D eigenvalue weighted by Gasteiger charge is 2.31. The Balaban J connectivity index is 2.25. The summed E-state index contributed by atoms with van der Waals surface area (Å²) in [5.41, 5.74) is 0.537. The van der Waals surface area contributed by atoms with Gasteiger partial charge in [0.2, 0.25) is 11.8 Å². The molecule has 102 valence electrons. The van der Waals surface area contributed by atoms with E-state index in [4.69, 9.17) is 5.11 Å². The number of carbonyl (C=O) groups is 3. The van der Waals surface area contributed by atoms with Crippen molar-refractivity contribution >= 4 is 17.8 Å². The van der Waals surface area contributed by atoms with Gasteiger partial charge in [-0.25, -0.2) is 4.79 Å². The van der Waals surface area contributed by atoms with Gasteiger partial charge in [0.05, 0.1) is 24.5 Å². The van der Waals surface area contributed by atoms with Crippen molar-refractivity contribution in [3.8, 4) is 0 Å². The molecule has 2 N–H and O–H groups in total. The first-order chi connectivity index (χ1) is 8.90. The molecular weight excluding hydrogens is 252 g/mol. The lowest BCUT2D eigenvalue weighted by molar-refractivity contribution is -0.139. The first-order valence-electron chi connectivity index (χ1n) is 5.72. The number of aryl methyl sites for hydroxylation is 1. The molecule has 0 saturated carbocycles. The molecule has 0 radical (unpaired) electrons. The molecule has 8 heteroatoms. The second kappa shape index (κ2) is 4.81. The Bertz CT molecular complexity index is 551. The van der Waals surface area contributed by atoms with Gasteiger partial charge in [-0.15, -0.1) is 0 Å². The maximum absolute atomic E-state index is 11.5. The molecule has 1 unspecified atom stereocenters. The summed E-state index contributed by atoms with van der Waals surface area (Å²) in [4.78, 5) is 35.6. The van der Waals surface area contributed by atoms with E-state index in [1.54, 1.807) is 18.9 Å². The first-order valence-corrected chi connectivity index (χ1v) is 5.72. The smallest absolute Gasteiger partial charge is 0.339 e. The number of aromatic carboxylic acids is 1. The average molecular weight is 266 g/mol. The number of rotatable bonds is 3. The summed E-state index contributed by atoms with van der Waals surface area (Å²) >= 11 is 0. The number of aromatic nitrogens is 2. The van der Waals surface area contributed by atoms with Crippen LogP contribution in [0.25, 0.3) is 0 Å². The summed E-state index contributed by atoms with van der Waals surface area (Å²) < 4.78 is 1.44. The molecule has 1 fully saturated rings. The van der Waals surface area contributed by atoms with E-state index in [2.05, 4.69) is 10.4 Å². The third-order valence-corrected chi connectivity index (χ3v) is 3.18. The normalized spacial score (nSPS) is 20.4. The third-order valence-electron chi connectivity index (χ3n) is 3.18. The van der Waals surface area contributed by atoms with Crippen molar-refractivity contribution in [1.29, 1.82) is 0 Å². The lowest BCUT2D eigenvalue weighted by Gasteiger charge is -2.31. The monoisotopic (exact) mass is 266 g/mol. The molecule has 1 saturated heterocycles. The molecule has 2 amide bonds. The van der Waals surface area contributed by atoms with Crippen molar-refractivity contribution in [2.45, 2.75) is 19.5 Å². The Labute approximate surface area is 109 Å². The zero-order chi connectivity index (χ0) is 14.2. The Morgan fingerprint density at radius 3 is 2.89 bits per heavy atom. The molecule has 1 aromatic rings. The number of hydrogen-bond acceptors (Lipinski definition) is 5. The van der Waals surface area contributed by atoms with Crippen molar-refractivity contribution in [3.63, 3.8) is 0 Å². The zero-order valence-corrected chi connectivity index (χ0v) is 10.6. The summed E-state index contributed by atoms with van der Waals surface area (Å²) in [7, 11) is 1.62. The highest BCUT2D eigenvalue weighted by atomic mass is 16.4. The second-order valence-electron chi connectivity index (χ2n) is 4.43. The number of nitrogens with one attached hydrogen (secondary N) is 1. The van der Waals surface area contributed by atoms with E-state index in [9.17, 15) is 14.4 Å². The van der Waals surface area contributed by atoms with Gasteiger partial charge < -0.3 is 5.11 Å². The van der Waals surface area contributed by atoms with E-state index in [-0.39, 0.29) is 30.5 Å². The zero-order valence-electron chi connectivity index (χ0n) is 10.6. The maximum Gasteiger partial charge on any atom is 0.339 e. The Hall–Kier alpha value is -2.22. The molecule has 2 heterocycles. The van der Waals surface area contributed by atoms with Crippen LogP contribution in [0.2, 0.25) is 0 Å².